The molecule has 2 aliphatic carbocycles. The van der Waals surface area contributed by atoms with Crippen molar-refractivity contribution in [2.24, 2.45) is 0 Å². The zero-order valence-corrected chi connectivity index (χ0v) is 15.1. The smallest absolute Gasteiger partial charge is 0.302 e. The van der Waals surface area contributed by atoms with Crippen LogP contribution in [0.3, 0.4) is 0 Å². The van der Waals surface area contributed by atoms with Gasteiger partial charge in [0.1, 0.15) is 0 Å². The van der Waals surface area contributed by atoms with Gasteiger partial charge in [-0.15, -0.1) is 13.2 Å². The van der Waals surface area contributed by atoms with Crippen molar-refractivity contribution in [3.05, 3.63) is 25.3 Å². The Morgan fingerprint density at radius 2 is 1.17 bits per heavy atom. The Kier molecular flexibility index (Phi) is 6.67. The van der Waals surface area contributed by atoms with E-state index in [1.54, 1.807) is 12.2 Å². The zero-order chi connectivity index (χ0) is 16.8. The van der Waals surface area contributed by atoms with Crippen LogP contribution >= 0.6 is 7.82 Å². The lowest BCUT2D eigenvalue weighted by Crippen LogP contribution is -2.37. The maximum absolute atomic E-state index is 12.8. The van der Waals surface area contributed by atoms with Crippen LogP contribution in [-0.2, 0) is 13.6 Å². The predicted octanol–water partition coefficient (Wildman–Crippen LogP) is 5.68. The second-order valence-electron chi connectivity index (χ2n) is 7.12. The molecule has 2 aliphatic rings. The molecule has 2 saturated carbocycles. The summed E-state index contributed by atoms with van der Waals surface area (Å²) in [5, 5.41) is 0. The molecule has 0 spiro atoms. The number of phosphoric acid groups is 1. The fourth-order valence-electron chi connectivity index (χ4n) is 4.09. The van der Waals surface area contributed by atoms with E-state index in [0.717, 1.165) is 64.2 Å². The second-order valence-corrected chi connectivity index (χ2v) is 8.43. The molecule has 0 saturated heterocycles. The maximum atomic E-state index is 12.8. The lowest BCUT2D eigenvalue weighted by molar-refractivity contribution is -0.0494. The van der Waals surface area contributed by atoms with E-state index in [1.165, 1.54) is 0 Å². The fourth-order valence-corrected chi connectivity index (χ4v) is 5.62. The van der Waals surface area contributed by atoms with Crippen LogP contribution < -0.4 is 0 Å². The van der Waals surface area contributed by atoms with Crippen LogP contribution in [0.15, 0.2) is 25.3 Å². The van der Waals surface area contributed by atoms with Crippen molar-refractivity contribution in [3.63, 3.8) is 0 Å². The number of hydrogen-bond acceptors (Lipinski definition) is 3. The Balaban J connectivity index is 2.10. The summed E-state index contributed by atoms with van der Waals surface area (Å²) in [6.45, 7) is 7.57. The first kappa shape index (κ1) is 18.9. The molecule has 0 bridgehead atoms. The molecule has 132 valence electrons. The highest BCUT2D eigenvalue weighted by Gasteiger charge is 2.45. The van der Waals surface area contributed by atoms with Crippen LogP contribution in [-0.4, -0.2) is 16.1 Å². The van der Waals surface area contributed by atoms with Crippen LogP contribution in [0.1, 0.15) is 77.0 Å². The summed E-state index contributed by atoms with van der Waals surface area (Å²) < 4.78 is 24.3. The second kappa shape index (κ2) is 8.11. The Hall–Kier alpha value is -0.410. The van der Waals surface area contributed by atoms with Gasteiger partial charge in [0.15, 0.2) is 0 Å². The van der Waals surface area contributed by atoms with Crippen LogP contribution in [0.2, 0.25) is 0 Å². The van der Waals surface area contributed by atoms with Crippen molar-refractivity contribution in [3.8, 4) is 0 Å². The highest BCUT2D eigenvalue weighted by Crippen LogP contribution is 2.57. The Morgan fingerprint density at radius 3 is 1.48 bits per heavy atom. The normalized spacial score (nSPS) is 24.0. The molecule has 0 aromatic rings. The molecule has 0 aromatic carbocycles. The van der Waals surface area contributed by atoms with E-state index >= 15 is 0 Å². The molecule has 4 nitrogen and oxygen atoms in total. The standard InChI is InChI=1S/C18H31O4P/c1-3-11-17(13-7-5-8-14-17)21-23(19,20)22-18(12-4-2)15-9-6-10-16-18/h3-4H,1-2,5-16H2,(H,19,20). The highest BCUT2D eigenvalue weighted by molar-refractivity contribution is 7.47. The first-order valence-electron chi connectivity index (χ1n) is 8.91. The van der Waals surface area contributed by atoms with Crippen LogP contribution in [0.5, 0.6) is 0 Å². The minimum atomic E-state index is -4.12. The summed E-state index contributed by atoms with van der Waals surface area (Å²) in [5.74, 6) is 0. The van der Waals surface area contributed by atoms with E-state index < -0.39 is 19.0 Å². The van der Waals surface area contributed by atoms with Gasteiger partial charge in [0.2, 0.25) is 0 Å². The van der Waals surface area contributed by atoms with Crippen molar-refractivity contribution in [2.75, 3.05) is 0 Å². The van der Waals surface area contributed by atoms with Crippen molar-refractivity contribution in [1.29, 1.82) is 0 Å². The molecule has 0 radical (unpaired) electrons. The lowest BCUT2D eigenvalue weighted by Gasteiger charge is -2.41. The Morgan fingerprint density at radius 1 is 0.826 bits per heavy atom. The Labute approximate surface area is 140 Å². The van der Waals surface area contributed by atoms with Gasteiger partial charge in [-0.3, -0.25) is 9.05 Å². The van der Waals surface area contributed by atoms with Gasteiger partial charge in [-0.1, -0.05) is 50.7 Å². The molecule has 5 heteroatoms. The number of hydrogen-bond donors (Lipinski definition) is 1. The molecule has 0 aromatic heterocycles. The first-order chi connectivity index (χ1) is 10.9. The Bertz CT molecular complexity index is 410. The van der Waals surface area contributed by atoms with E-state index in [2.05, 4.69) is 13.2 Å². The highest BCUT2D eigenvalue weighted by atomic mass is 31.2. The monoisotopic (exact) mass is 342 g/mol. The molecule has 0 aliphatic heterocycles. The fraction of sp³-hybridized carbons (Fsp3) is 0.778. The molecule has 0 amide bonds. The predicted molar refractivity (Wildman–Crippen MR) is 93.3 cm³/mol. The van der Waals surface area contributed by atoms with Gasteiger partial charge in [-0.05, 0) is 38.5 Å². The van der Waals surface area contributed by atoms with Gasteiger partial charge in [0.05, 0.1) is 11.2 Å². The minimum absolute atomic E-state index is 0.589. The molecule has 0 heterocycles. The average molecular weight is 342 g/mol. The van der Waals surface area contributed by atoms with Gasteiger partial charge in [0.25, 0.3) is 0 Å². The average Bonchev–Trinajstić information content (AvgIpc) is 2.48. The van der Waals surface area contributed by atoms with Gasteiger partial charge < -0.3 is 4.89 Å². The third-order valence-electron chi connectivity index (χ3n) is 5.18. The quantitative estimate of drug-likeness (QED) is 0.455. The van der Waals surface area contributed by atoms with Gasteiger partial charge in [-0.2, -0.15) is 0 Å². The molecular formula is C18H31O4P. The van der Waals surface area contributed by atoms with Crippen LogP contribution in [0.4, 0.5) is 0 Å². The molecule has 0 unspecified atom stereocenters. The number of phosphoric ester groups is 1. The van der Waals surface area contributed by atoms with E-state index in [9.17, 15) is 9.46 Å². The summed E-state index contributed by atoms with van der Waals surface area (Å²) >= 11 is 0. The molecule has 23 heavy (non-hydrogen) atoms. The summed E-state index contributed by atoms with van der Waals surface area (Å²) in [5.41, 5.74) is -1.18. The third kappa shape index (κ3) is 5.29. The minimum Gasteiger partial charge on any atom is -0.302 e. The van der Waals surface area contributed by atoms with Crippen molar-refractivity contribution in [1.82, 2.24) is 0 Å². The van der Waals surface area contributed by atoms with E-state index in [4.69, 9.17) is 9.05 Å². The van der Waals surface area contributed by atoms with Crippen LogP contribution in [0.25, 0.3) is 0 Å². The molecular weight excluding hydrogens is 311 g/mol. The summed E-state index contributed by atoms with van der Waals surface area (Å²) in [4.78, 5) is 10.4. The van der Waals surface area contributed by atoms with E-state index in [1.807, 2.05) is 0 Å². The molecule has 2 rings (SSSR count). The largest absolute Gasteiger partial charge is 0.473 e. The van der Waals surface area contributed by atoms with E-state index in [-0.39, 0.29) is 0 Å². The van der Waals surface area contributed by atoms with Crippen molar-refractivity contribution >= 4 is 7.82 Å². The van der Waals surface area contributed by atoms with Crippen molar-refractivity contribution < 1.29 is 18.5 Å². The molecule has 2 fully saturated rings. The van der Waals surface area contributed by atoms with Crippen LogP contribution in [0, 0.1) is 0 Å². The summed E-state index contributed by atoms with van der Waals surface area (Å²) in [6.07, 6.45) is 14.3. The molecule has 0 atom stereocenters. The topological polar surface area (TPSA) is 55.8 Å². The maximum Gasteiger partial charge on any atom is 0.473 e. The zero-order valence-electron chi connectivity index (χ0n) is 14.2. The lowest BCUT2D eigenvalue weighted by atomic mass is 9.82. The van der Waals surface area contributed by atoms with Gasteiger partial charge >= 0.3 is 7.82 Å². The molecule has 1 N–H and O–H groups in total. The van der Waals surface area contributed by atoms with Gasteiger partial charge in [-0.25, -0.2) is 4.57 Å². The van der Waals surface area contributed by atoms with E-state index in [0.29, 0.717) is 12.8 Å². The SMILES string of the molecule is C=CCC1(OP(=O)(O)OC2(CC=C)CCCCC2)CCCCC1. The summed E-state index contributed by atoms with van der Waals surface area (Å²) in [7, 11) is -4.12. The van der Waals surface area contributed by atoms with Crippen molar-refractivity contribution in [2.45, 2.75) is 88.3 Å². The first-order valence-corrected chi connectivity index (χ1v) is 10.4. The third-order valence-corrected chi connectivity index (χ3v) is 6.42. The number of rotatable bonds is 8. The van der Waals surface area contributed by atoms with Gasteiger partial charge in [0, 0.05) is 0 Å². The summed E-state index contributed by atoms with van der Waals surface area (Å²) in [6, 6.07) is 0.